The van der Waals surface area contributed by atoms with Crippen LogP contribution < -0.4 is 0 Å². The molecule has 2 aliphatic rings. The van der Waals surface area contributed by atoms with Gasteiger partial charge < -0.3 is 9.64 Å². The van der Waals surface area contributed by atoms with Crippen molar-refractivity contribution in [3.8, 4) is 0 Å². The van der Waals surface area contributed by atoms with Crippen LogP contribution in [0.1, 0.15) is 12.8 Å². The first kappa shape index (κ1) is 9.44. The van der Waals surface area contributed by atoms with Crippen molar-refractivity contribution in [2.75, 3.05) is 46.9 Å². The summed E-state index contributed by atoms with van der Waals surface area (Å²) in [7, 11) is 4.02. The SMILES string of the molecule is COCCN1CCN(C)CC12CC2. The van der Waals surface area contributed by atoms with Gasteiger partial charge >= 0.3 is 0 Å². The Morgan fingerprint density at radius 1 is 1.31 bits per heavy atom. The minimum Gasteiger partial charge on any atom is -0.383 e. The van der Waals surface area contributed by atoms with Crippen molar-refractivity contribution in [3.63, 3.8) is 0 Å². The van der Waals surface area contributed by atoms with Gasteiger partial charge in [0.25, 0.3) is 0 Å². The maximum Gasteiger partial charge on any atom is 0.0589 e. The smallest absolute Gasteiger partial charge is 0.0589 e. The maximum absolute atomic E-state index is 5.14. The molecule has 0 unspecified atom stereocenters. The molecule has 3 heteroatoms. The lowest BCUT2D eigenvalue weighted by molar-refractivity contribution is 0.0491. The molecule has 1 saturated heterocycles. The molecular weight excluding hydrogens is 164 g/mol. The highest BCUT2D eigenvalue weighted by atomic mass is 16.5. The molecule has 2 fully saturated rings. The van der Waals surface area contributed by atoms with Crippen LogP contribution >= 0.6 is 0 Å². The van der Waals surface area contributed by atoms with Gasteiger partial charge in [0, 0.05) is 38.8 Å². The standard InChI is InChI=1S/C10H20N2O/c1-11-5-6-12(7-8-13-2)10(9-11)3-4-10/h3-9H2,1-2H3. The molecule has 13 heavy (non-hydrogen) atoms. The van der Waals surface area contributed by atoms with E-state index in [0.717, 1.165) is 13.2 Å². The van der Waals surface area contributed by atoms with E-state index in [1.54, 1.807) is 7.11 Å². The molecule has 1 spiro atoms. The molecular formula is C10H20N2O. The van der Waals surface area contributed by atoms with Gasteiger partial charge in [-0.3, -0.25) is 4.90 Å². The van der Waals surface area contributed by atoms with Gasteiger partial charge in [-0.1, -0.05) is 0 Å². The molecule has 0 aromatic rings. The maximum atomic E-state index is 5.14. The van der Waals surface area contributed by atoms with Crippen LogP contribution in [-0.2, 0) is 4.74 Å². The van der Waals surface area contributed by atoms with E-state index in [-0.39, 0.29) is 0 Å². The summed E-state index contributed by atoms with van der Waals surface area (Å²) in [4.78, 5) is 5.08. The lowest BCUT2D eigenvalue weighted by Gasteiger charge is -2.40. The Morgan fingerprint density at radius 3 is 2.69 bits per heavy atom. The molecule has 1 aliphatic carbocycles. The Kier molecular flexibility index (Phi) is 2.58. The van der Waals surface area contributed by atoms with Crippen LogP contribution in [0.2, 0.25) is 0 Å². The molecule has 0 radical (unpaired) electrons. The second-order valence-electron chi connectivity index (χ2n) is 4.44. The molecule has 76 valence electrons. The quantitative estimate of drug-likeness (QED) is 0.632. The molecule has 1 aliphatic heterocycles. The van der Waals surface area contributed by atoms with E-state index in [9.17, 15) is 0 Å². The summed E-state index contributed by atoms with van der Waals surface area (Å²) in [6.07, 6.45) is 2.78. The summed E-state index contributed by atoms with van der Waals surface area (Å²) < 4.78 is 5.14. The third-order valence-corrected chi connectivity index (χ3v) is 3.38. The van der Waals surface area contributed by atoms with Crippen molar-refractivity contribution in [1.82, 2.24) is 9.80 Å². The van der Waals surface area contributed by atoms with Gasteiger partial charge in [-0.05, 0) is 19.9 Å². The predicted molar refractivity (Wildman–Crippen MR) is 52.9 cm³/mol. The number of hydrogen-bond donors (Lipinski definition) is 0. The van der Waals surface area contributed by atoms with E-state index < -0.39 is 0 Å². The van der Waals surface area contributed by atoms with E-state index in [4.69, 9.17) is 4.74 Å². The largest absolute Gasteiger partial charge is 0.383 e. The predicted octanol–water partition coefficient (Wildman–Crippen LogP) is 0.413. The van der Waals surface area contributed by atoms with E-state index >= 15 is 0 Å². The monoisotopic (exact) mass is 184 g/mol. The first-order valence-electron chi connectivity index (χ1n) is 5.19. The highest BCUT2D eigenvalue weighted by Gasteiger charge is 2.49. The zero-order chi connectivity index (χ0) is 9.31. The van der Waals surface area contributed by atoms with Crippen molar-refractivity contribution in [2.24, 2.45) is 0 Å². The molecule has 3 nitrogen and oxygen atoms in total. The summed E-state index contributed by atoms with van der Waals surface area (Å²) >= 11 is 0. The van der Waals surface area contributed by atoms with Gasteiger partial charge in [0.15, 0.2) is 0 Å². The lowest BCUT2D eigenvalue weighted by atomic mass is 10.1. The van der Waals surface area contributed by atoms with Gasteiger partial charge in [0.1, 0.15) is 0 Å². The van der Waals surface area contributed by atoms with Crippen molar-refractivity contribution in [1.29, 1.82) is 0 Å². The number of ether oxygens (including phenoxy) is 1. The molecule has 0 aromatic heterocycles. The molecule has 0 N–H and O–H groups in total. The topological polar surface area (TPSA) is 15.7 Å². The average Bonchev–Trinajstić information content (AvgIpc) is 2.84. The van der Waals surface area contributed by atoms with E-state index in [2.05, 4.69) is 16.8 Å². The van der Waals surface area contributed by atoms with Crippen LogP contribution in [0.5, 0.6) is 0 Å². The Bertz CT molecular complexity index is 178. The number of rotatable bonds is 3. The van der Waals surface area contributed by atoms with Crippen LogP contribution in [0.4, 0.5) is 0 Å². The molecule has 2 rings (SSSR count). The summed E-state index contributed by atoms with van der Waals surface area (Å²) in [5.74, 6) is 0. The second kappa shape index (κ2) is 3.56. The molecule has 0 bridgehead atoms. The minimum absolute atomic E-state index is 0.547. The van der Waals surface area contributed by atoms with Crippen molar-refractivity contribution < 1.29 is 4.74 Å². The van der Waals surface area contributed by atoms with Crippen LogP contribution in [0.15, 0.2) is 0 Å². The zero-order valence-corrected chi connectivity index (χ0v) is 8.75. The van der Waals surface area contributed by atoms with Crippen molar-refractivity contribution in [2.45, 2.75) is 18.4 Å². The number of piperazine rings is 1. The molecule has 0 atom stereocenters. The van der Waals surface area contributed by atoms with Gasteiger partial charge in [-0.25, -0.2) is 0 Å². The number of likely N-dealkylation sites (N-methyl/N-ethyl adjacent to an activating group) is 1. The highest BCUT2D eigenvalue weighted by molar-refractivity contribution is 5.07. The summed E-state index contributed by atoms with van der Waals surface area (Å²) in [6.45, 7) is 5.69. The fraction of sp³-hybridized carbons (Fsp3) is 1.00. The van der Waals surface area contributed by atoms with E-state index in [1.807, 2.05) is 0 Å². The fourth-order valence-electron chi connectivity index (χ4n) is 2.38. The first-order chi connectivity index (χ1) is 6.27. The first-order valence-corrected chi connectivity index (χ1v) is 5.19. The number of methoxy groups -OCH3 is 1. The molecule has 1 heterocycles. The van der Waals surface area contributed by atoms with Gasteiger partial charge in [-0.2, -0.15) is 0 Å². The van der Waals surface area contributed by atoms with Crippen LogP contribution in [-0.4, -0.2) is 62.3 Å². The highest BCUT2D eigenvalue weighted by Crippen LogP contribution is 2.43. The van der Waals surface area contributed by atoms with Crippen molar-refractivity contribution in [3.05, 3.63) is 0 Å². The van der Waals surface area contributed by atoms with Crippen LogP contribution in [0.25, 0.3) is 0 Å². The molecule has 0 amide bonds. The summed E-state index contributed by atoms with van der Waals surface area (Å²) in [5, 5.41) is 0. The average molecular weight is 184 g/mol. The zero-order valence-electron chi connectivity index (χ0n) is 8.75. The second-order valence-corrected chi connectivity index (χ2v) is 4.44. The van der Waals surface area contributed by atoms with Crippen molar-refractivity contribution >= 4 is 0 Å². The third-order valence-electron chi connectivity index (χ3n) is 3.38. The van der Waals surface area contributed by atoms with Crippen LogP contribution in [0, 0.1) is 0 Å². The fourth-order valence-corrected chi connectivity index (χ4v) is 2.38. The molecule has 0 aromatic carbocycles. The van der Waals surface area contributed by atoms with Gasteiger partial charge in [-0.15, -0.1) is 0 Å². The van der Waals surface area contributed by atoms with Gasteiger partial charge in [0.2, 0.25) is 0 Å². The van der Waals surface area contributed by atoms with Gasteiger partial charge in [0.05, 0.1) is 6.61 Å². The third kappa shape index (κ3) is 1.87. The molecule has 1 saturated carbocycles. The normalized spacial score (nSPS) is 28.2. The Hall–Kier alpha value is -0.120. The lowest BCUT2D eigenvalue weighted by Crippen LogP contribution is -2.54. The Balaban J connectivity index is 1.88. The summed E-state index contributed by atoms with van der Waals surface area (Å²) in [6, 6.07) is 0. The van der Waals surface area contributed by atoms with Crippen LogP contribution in [0.3, 0.4) is 0 Å². The van der Waals surface area contributed by atoms with E-state index in [0.29, 0.717) is 5.54 Å². The number of hydrogen-bond acceptors (Lipinski definition) is 3. The Morgan fingerprint density at radius 2 is 2.08 bits per heavy atom. The number of nitrogens with zero attached hydrogens (tertiary/aromatic N) is 2. The minimum atomic E-state index is 0.547. The summed E-state index contributed by atoms with van der Waals surface area (Å²) in [5.41, 5.74) is 0.547. The van der Waals surface area contributed by atoms with E-state index in [1.165, 1.54) is 32.5 Å². The Labute approximate surface area is 80.6 Å².